The van der Waals surface area contributed by atoms with Crippen molar-refractivity contribution in [3.8, 4) is 0 Å². The third-order valence-corrected chi connectivity index (χ3v) is 1.64. The minimum absolute atomic E-state index is 0.240. The Bertz CT molecular complexity index is 170. The fourth-order valence-corrected chi connectivity index (χ4v) is 1.00. The Balaban J connectivity index is 3.46. The Labute approximate surface area is 73.6 Å². The molecule has 2 heteroatoms. The number of Topliss-reactive ketones (excluding diaryl/α,β-unsaturated/α-hetero) is 1. The minimum Gasteiger partial charge on any atom is -0.300 e. The monoisotopic (exact) mass is 170 g/mol. The van der Waals surface area contributed by atoms with E-state index in [1.165, 1.54) is 0 Å². The van der Waals surface area contributed by atoms with Crippen molar-refractivity contribution < 1.29 is 4.79 Å². The Morgan fingerprint density at radius 3 is 2.64 bits per heavy atom. The Kier molecular flexibility index (Phi) is 5.94. The Morgan fingerprint density at radius 1 is 1.55 bits per heavy atom. The lowest BCUT2D eigenvalue weighted by Gasteiger charge is -1.96. The molecule has 0 aliphatic rings. The quantitative estimate of drug-likeness (QED) is 0.496. The smallest absolute Gasteiger partial charge is 0.129 e. The lowest BCUT2D eigenvalue weighted by atomic mass is 10.2. The summed E-state index contributed by atoms with van der Waals surface area (Å²) in [5.74, 6) is 0.240. The van der Waals surface area contributed by atoms with E-state index in [1.54, 1.807) is 13.0 Å². The summed E-state index contributed by atoms with van der Waals surface area (Å²) < 4.78 is 0. The van der Waals surface area contributed by atoms with Gasteiger partial charge in [-0.3, -0.25) is 0 Å². The van der Waals surface area contributed by atoms with Crippen molar-refractivity contribution in [2.75, 3.05) is 0 Å². The molecule has 0 saturated carbocycles. The summed E-state index contributed by atoms with van der Waals surface area (Å²) in [5, 5.41) is 0. The zero-order chi connectivity index (χ0) is 8.69. The van der Waals surface area contributed by atoms with Crippen molar-refractivity contribution in [3.63, 3.8) is 0 Å². The highest BCUT2D eigenvalue weighted by atomic mass is 32.1. The molecule has 0 saturated heterocycles. The van der Waals surface area contributed by atoms with Gasteiger partial charge in [-0.2, -0.15) is 0 Å². The van der Waals surface area contributed by atoms with Gasteiger partial charge in [0, 0.05) is 6.42 Å². The SMILES string of the molecule is C=C/C=C(\S)CCCC(C)=O. The molecule has 0 spiro atoms. The molecular formula is C9H14OS. The van der Waals surface area contributed by atoms with Crippen molar-refractivity contribution in [1.29, 1.82) is 0 Å². The van der Waals surface area contributed by atoms with Crippen molar-refractivity contribution in [2.24, 2.45) is 0 Å². The van der Waals surface area contributed by atoms with Gasteiger partial charge in [0.25, 0.3) is 0 Å². The molecule has 0 aliphatic carbocycles. The van der Waals surface area contributed by atoms with Crippen LogP contribution < -0.4 is 0 Å². The molecule has 0 fully saturated rings. The van der Waals surface area contributed by atoms with Crippen LogP contribution in [0.3, 0.4) is 0 Å². The van der Waals surface area contributed by atoms with Crippen LogP contribution in [0.5, 0.6) is 0 Å². The van der Waals surface area contributed by atoms with E-state index < -0.39 is 0 Å². The first-order valence-corrected chi connectivity index (χ1v) is 4.11. The minimum atomic E-state index is 0.240. The average molecular weight is 170 g/mol. The first kappa shape index (κ1) is 10.5. The van der Waals surface area contributed by atoms with Crippen LogP contribution >= 0.6 is 12.6 Å². The molecule has 0 N–H and O–H groups in total. The summed E-state index contributed by atoms with van der Waals surface area (Å²) in [4.78, 5) is 11.5. The predicted molar refractivity (Wildman–Crippen MR) is 51.8 cm³/mol. The van der Waals surface area contributed by atoms with Crippen LogP contribution in [0, 0.1) is 0 Å². The fraction of sp³-hybridized carbons (Fsp3) is 0.444. The summed E-state index contributed by atoms with van der Waals surface area (Å²) in [6, 6.07) is 0. The van der Waals surface area contributed by atoms with Crippen molar-refractivity contribution in [1.82, 2.24) is 0 Å². The molecule has 0 atom stereocenters. The molecule has 0 heterocycles. The summed E-state index contributed by atoms with van der Waals surface area (Å²) in [6.45, 7) is 5.16. The number of ketones is 1. The van der Waals surface area contributed by atoms with Gasteiger partial charge in [0.05, 0.1) is 0 Å². The van der Waals surface area contributed by atoms with Gasteiger partial charge in [-0.1, -0.05) is 18.7 Å². The highest BCUT2D eigenvalue weighted by molar-refractivity contribution is 7.84. The van der Waals surface area contributed by atoms with Gasteiger partial charge in [0.1, 0.15) is 5.78 Å². The third kappa shape index (κ3) is 7.40. The number of thiol groups is 1. The van der Waals surface area contributed by atoms with Gasteiger partial charge in [-0.05, 0) is 24.7 Å². The number of carbonyl (C=O) groups is 1. The van der Waals surface area contributed by atoms with Crippen LogP contribution in [-0.2, 0) is 4.79 Å². The van der Waals surface area contributed by atoms with Gasteiger partial charge in [0.2, 0.25) is 0 Å². The molecule has 0 aromatic carbocycles. The van der Waals surface area contributed by atoms with Crippen LogP contribution in [0.1, 0.15) is 26.2 Å². The van der Waals surface area contributed by atoms with Gasteiger partial charge in [0.15, 0.2) is 0 Å². The maximum Gasteiger partial charge on any atom is 0.129 e. The highest BCUT2D eigenvalue weighted by Crippen LogP contribution is 2.10. The number of allylic oxidation sites excluding steroid dienone is 3. The summed E-state index contributed by atoms with van der Waals surface area (Å²) >= 11 is 4.19. The Morgan fingerprint density at radius 2 is 2.18 bits per heavy atom. The summed E-state index contributed by atoms with van der Waals surface area (Å²) in [6.07, 6.45) is 5.96. The van der Waals surface area contributed by atoms with E-state index in [0.717, 1.165) is 17.7 Å². The second kappa shape index (κ2) is 6.23. The highest BCUT2D eigenvalue weighted by Gasteiger charge is 1.94. The standard InChI is InChI=1S/C9H14OS/c1-3-5-9(11)7-4-6-8(2)10/h3,5,11H,1,4,6-7H2,2H3/b9-5-. The molecule has 0 bridgehead atoms. The van der Waals surface area contributed by atoms with Crippen molar-refractivity contribution in [2.45, 2.75) is 26.2 Å². The second-order valence-corrected chi connectivity index (χ2v) is 3.02. The summed E-state index contributed by atoms with van der Waals surface area (Å²) in [7, 11) is 0. The van der Waals surface area contributed by atoms with Crippen LogP contribution in [0.2, 0.25) is 0 Å². The lowest BCUT2D eigenvalue weighted by molar-refractivity contribution is -0.117. The summed E-state index contributed by atoms with van der Waals surface area (Å²) in [5.41, 5.74) is 0. The van der Waals surface area contributed by atoms with Gasteiger partial charge in [-0.15, -0.1) is 12.6 Å². The molecule has 0 rings (SSSR count). The number of hydrogen-bond donors (Lipinski definition) is 1. The van der Waals surface area contributed by atoms with Crippen LogP contribution in [0.15, 0.2) is 23.6 Å². The van der Waals surface area contributed by atoms with Gasteiger partial charge < -0.3 is 4.79 Å². The fourth-order valence-electron chi connectivity index (χ4n) is 0.738. The zero-order valence-electron chi connectivity index (χ0n) is 6.84. The zero-order valence-corrected chi connectivity index (χ0v) is 7.73. The molecule has 62 valence electrons. The molecule has 11 heavy (non-hydrogen) atoms. The second-order valence-electron chi connectivity index (χ2n) is 2.45. The topological polar surface area (TPSA) is 17.1 Å². The maximum atomic E-state index is 10.5. The van der Waals surface area contributed by atoms with E-state index >= 15 is 0 Å². The Hall–Kier alpha value is -0.500. The number of hydrogen-bond acceptors (Lipinski definition) is 2. The predicted octanol–water partition coefficient (Wildman–Crippen LogP) is 2.75. The van der Waals surface area contributed by atoms with E-state index in [-0.39, 0.29) is 5.78 Å². The van der Waals surface area contributed by atoms with E-state index in [9.17, 15) is 4.79 Å². The number of rotatable bonds is 5. The largest absolute Gasteiger partial charge is 0.300 e. The number of carbonyl (C=O) groups excluding carboxylic acids is 1. The van der Waals surface area contributed by atoms with Crippen molar-refractivity contribution in [3.05, 3.63) is 23.6 Å². The van der Waals surface area contributed by atoms with Crippen LogP contribution in [0.4, 0.5) is 0 Å². The van der Waals surface area contributed by atoms with E-state index in [2.05, 4.69) is 19.2 Å². The van der Waals surface area contributed by atoms with Gasteiger partial charge in [-0.25, -0.2) is 0 Å². The molecule has 0 amide bonds. The molecular weight excluding hydrogens is 156 g/mol. The molecule has 0 radical (unpaired) electrons. The van der Waals surface area contributed by atoms with Crippen LogP contribution in [0.25, 0.3) is 0 Å². The maximum absolute atomic E-state index is 10.5. The third-order valence-electron chi connectivity index (χ3n) is 1.27. The van der Waals surface area contributed by atoms with Crippen LogP contribution in [-0.4, -0.2) is 5.78 Å². The molecule has 0 aromatic rings. The van der Waals surface area contributed by atoms with E-state index in [0.29, 0.717) is 6.42 Å². The average Bonchev–Trinajstić information content (AvgIpc) is 1.87. The van der Waals surface area contributed by atoms with Gasteiger partial charge >= 0.3 is 0 Å². The lowest BCUT2D eigenvalue weighted by Crippen LogP contribution is -1.88. The molecule has 1 nitrogen and oxygen atoms in total. The van der Waals surface area contributed by atoms with E-state index in [4.69, 9.17) is 0 Å². The molecule has 0 aliphatic heterocycles. The normalized spacial score (nSPS) is 11.3. The first-order valence-electron chi connectivity index (χ1n) is 3.67. The molecule has 0 unspecified atom stereocenters. The van der Waals surface area contributed by atoms with Crippen molar-refractivity contribution >= 4 is 18.4 Å². The first-order chi connectivity index (χ1) is 5.16. The van der Waals surface area contributed by atoms with E-state index in [1.807, 2.05) is 6.08 Å². The molecule has 0 aromatic heterocycles.